The van der Waals surface area contributed by atoms with E-state index in [0.717, 1.165) is 4.96 Å². The Morgan fingerprint density at radius 3 is 3.00 bits per heavy atom. The van der Waals surface area contributed by atoms with Crippen molar-refractivity contribution in [3.05, 3.63) is 17.3 Å². The summed E-state index contributed by atoms with van der Waals surface area (Å²) in [6, 6.07) is 0. The monoisotopic (exact) mass is 240 g/mol. The van der Waals surface area contributed by atoms with E-state index in [0.29, 0.717) is 24.8 Å². The molecule has 2 heterocycles. The second-order valence-corrected chi connectivity index (χ2v) is 3.85. The maximum atomic E-state index is 11.8. The van der Waals surface area contributed by atoms with Crippen molar-refractivity contribution < 1.29 is 14.3 Å². The van der Waals surface area contributed by atoms with Gasteiger partial charge >= 0.3 is 5.97 Å². The number of carbonyl (C=O) groups is 1. The lowest BCUT2D eigenvalue weighted by Crippen LogP contribution is -2.09. The summed E-state index contributed by atoms with van der Waals surface area (Å²) in [5.41, 5.74) is 0.361. The lowest BCUT2D eigenvalue weighted by molar-refractivity contribution is 0.0513. The fourth-order valence-electron chi connectivity index (χ4n) is 1.39. The molecule has 2 rings (SSSR count). The van der Waals surface area contributed by atoms with Gasteiger partial charge in [-0.15, -0.1) is 11.3 Å². The zero-order chi connectivity index (χ0) is 11.5. The fourth-order valence-corrected chi connectivity index (χ4v) is 2.09. The third kappa shape index (κ3) is 1.76. The van der Waals surface area contributed by atoms with Crippen molar-refractivity contribution in [2.45, 2.75) is 13.8 Å². The quantitative estimate of drug-likeness (QED) is 0.767. The van der Waals surface area contributed by atoms with Crippen LogP contribution in [-0.2, 0) is 4.74 Å². The average Bonchev–Trinajstić information content (AvgIpc) is 2.77. The normalized spacial score (nSPS) is 10.6. The molecule has 0 unspecified atom stereocenters. The first-order valence-electron chi connectivity index (χ1n) is 5.03. The molecule has 5 nitrogen and oxygen atoms in total. The molecular formula is C10H12N2O3S. The summed E-state index contributed by atoms with van der Waals surface area (Å²) in [5.74, 6) is -0.0651. The molecule has 0 aromatic carbocycles. The lowest BCUT2D eigenvalue weighted by Gasteiger charge is -2.03. The van der Waals surface area contributed by atoms with Gasteiger partial charge in [0.25, 0.3) is 0 Å². The molecule has 0 saturated carbocycles. The Morgan fingerprint density at radius 2 is 2.31 bits per heavy atom. The molecule has 0 saturated heterocycles. The third-order valence-corrected chi connectivity index (χ3v) is 2.74. The standard InChI is InChI=1S/C10H12N2O3S/c1-3-14-8-7(9(13)15-4-2)12-5-6-16-10(12)11-8/h5-6H,3-4H2,1-2H3. The van der Waals surface area contributed by atoms with Gasteiger partial charge in [0, 0.05) is 11.6 Å². The number of aromatic nitrogens is 2. The van der Waals surface area contributed by atoms with Gasteiger partial charge in [0.1, 0.15) is 0 Å². The van der Waals surface area contributed by atoms with Gasteiger partial charge in [-0.2, -0.15) is 4.98 Å². The maximum Gasteiger partial charge on any atom is 0.361 e. The van der Waals surface area contributed by atoms with Crippen molar-refractivity contribution in [1.82, 2.24) is 9.38 Å². The van der Waals surface area contributed by atoms with Gasteiger partial charge < -0.3 is 9.47 Å². The molecule has 0 aliphatic heterocycles. The minimum absolute atomic E-state index is 0.335. The van der Waals surface area contributed by atoms with Gasteiger partial charge in [-0.1, -0.05) is 0 Å². The summed E-state index contributed by atoms with van der Waals surface area (Å²) in [6.07, 6.45) is 1.78. The largest absolute Gasteiger partial charge is 0.476 e. The van der Waals surface area contributed by atoms with E-state index in [1.54, 1.807) is 17.5 Å². The number of imidazole rings is 1. The van der Waals surface area contributed by atoms with Crippen LogP contribution in [0.5, 0.6) is 5.88 Å². The van der Waals surface area contributed by atoms with Gasteiger partial charge in [-0.05, 0) is 13.8 Å². The zero-order valence-corrected chi connectivity index (χ0v) is 9.91. The number of nitrogens with zero attached hydrogens (tertiary/aromatic N) is 2. The molecule has 0 aliphatic rings. The summed E-state index contributed by atoms with van der Waals surface area (Å²) in [7, 11) is 0. The highest BCUT2D eigenvalue weighted by Gasteiger charge is 2.22. The van der Waals surface area contributed by atoms with Crippen molar-refractivity contribution in [2.75, 3.05) is 13.2 Å². The van der Waals surface area contributed by atoms with Crippen LogP contribution in [0.4, 0.5) is 0 Å². The van der Waals surface area contributed by atoms with Crippen LogP contribution in [0.3, 0.4) is 0 Å². The second-order valence-electron chi connectivity index (χ2n) is 2.97. The number of ether oxygens (including phenoxy) is 2. The molecule has 2 aromatic heterocycles. The van der Waals surface area contributed by atoms with Crippen molar-refractivity contribution in [2.24, 2.45) is 0 Å². The summed E-state index contributed by atoms with van der Waals surface area (Å²) in [6.45, 7) is 4.42. The SMILES string of the molecule is CCOC(=O)c1c(OCC)nc2sccn12. The Kier molecular flexibility index (Phi) is 3.09. The van der Waals surface area contributed by atoms with Crippen LogP contribution < -0.4 is 4.74 Å². The highest BCUT2D eigenvalue weighted by molar-refractivity contribution is 7.15. The number of thiazole rings is 1. The molecule has 16 heavy (non-hydrogen) atoms. The second kappa shape index (κ2) is 4.52. The van der Waals surface area contributed by atoms with Crippen LogP contribution in [0.2, 0.25) is 0 Å². The van der Waals surface area contributed by atoms with E-state index in [-0.39, 0.29) is 0 Å². The maximum absolute atomic E-state index is 11.8. The van der Waals surface area contributed by atoms with Gasteiger partial charge in [0.2, 0.25) is 5.88 Å². The molecular weight excluding hydrogens is 228 g/mol. The van der Waals surface area contributed by atoms with Crippen LogP contribution in [0.1, 0.15) is 24.3 Å². The van der Waals surface area contributed by atoms with Crippen molar-refractivity contribution in [3.63, 3.8) is 0 Å². The Morgan fingerprint density at radius 1 is 1.50 bits per heavy atom. The van der Waals surface area contributed by atoms with Crippen LogP contribution in [-0.4, -0.2) is 28.6 Å². The van der Waals surface area contributed by atoms with E-state index in [1.807, 2.05) is 12.3 Å². The van der Waals surface area contributed by atoms with E-state index in [1.165, 1.54) is 11.3 Å². The molecule has 2 aromatic rings. The fraction of sp³-hybridized carbons (Fsp3) is 0.400. The van der Waals surface area contributed by atoms with Gasteiger partial charge in [-0.25, -0.2) is 4.79 Å². The number of fused-ring (bicyclic) bond motifs is 1. The van der Waals surface area contributed by atoms with Crippen LogP contribution in [0.25, 0.3) is 4.96 Å². The first kappa shape index (κ1) is 10.9. The molecule has 0 radical (unpaired) electrons. The van der Waals surface area contributed by atoms with Crippen molar-refractivity contribution >= 4 is 22.3 Å². The van der Waals surface area contributed by atoms with Crippen LogP contribution in [0.15, 0.2) is 11.6 Å². The van der Waals surface area contributed by atoms with Crippen LogP contribution >= 0.6 is 11.3 Å². The zero-order valence-electron chi connectivity index (χ0n) is 9.10. The topological polar surface area (TPSA) is 52.8 Å². The van der Waals surface area contributed by atoms with E-state index in [9.17, 15) is 4.79 Å². The number of hydrogen-bond donors (Lipinski definition) is 0. The van der Waals surface area contributed by atoms with E-state index >= 15 is 0 Å². The molecule has 0 aliphatic carbocycles. The molecule has 0 atom stereocenters. The smallest absolute Gasteiger partial charge is 0.361 e. The molecule has 86 valence electrons. The molecule has 0 amide bonds. The Balaban J connectivity index is 2.48. The predicted molar refractivity (Wildman–Crippen MR) is 60.2 cm³/mol. The molecule has 0 fully saturated rings. The first-order valence-corrected chi connectivity index (χ1v) is 5.91. The van der Waals surface area contributed by atoms with Crippen molar-refractivity contribution in [1.29, 1.82) is 0 Å². The minimum Gasteiger partial charge on any atom is -0.476 e. The van der Waals surface area contributed by atoms with Gasteiger partial charge in [0.15, 0.2) is 10.7 Å². The summed E-state index contributed by atoms with van der Waals surface area (Å²) in [4.78, 5) is 16.7. The lowest BCUT2D eigenvalue weighted by atomic mass is 10.4. The highest BCUT2D eigenvalue weighted by atomic mass is 32.1. The molecule has 0 bridgehead atoms. The Bertz CT molecular complexity index is 503. The average molecular weight is 240 g/mol. The molecule has 0 spiro atoms. The van der Waals surface area contributed by atoms with Gasteiger partial charge in [0.05, 0.1) is 13.2 Å². The Labute approximate surface area is 96.6 Å². The number of esters is 1. The summed E-state index contributed by atoms with van der Waals surface area (Å²) < 4.78 is 12.0. The number of hydrogen-bond acceptors (Lipinski definition) is 5. The first-order chi connectivity index (χ1) is 7.77. The highest BCUT2D eigenvalue weighted by Crippen LogP contribution is 2.24. The van der Waals surface area contributed by atoms with Gasteiger partial charge in [-0.3, -0.25) is 4.40 Å². The molecule has 6 heteroatoms. The van der Waals surface area contributed by atoms with E-state index < -0.39 is 5.97 Å². The number of carbonyl (C=O) groups excluding carboxylic acids is 1. The summed E-state index contributed by atoms with van der Waals surface area (Å²) in [5, 5.41) is 1.86. The summed E-state index contributed by atoms with van der Waals surface area (Å²) >= 11 is 1.45. The van der Waals surface area contributed by atoms with Crippen LogP contribution in [0, 0.1) is 0 Å². The van der Waals surface area contributed by atoms with Crippen molar-refractivity contribution in [3.8, 4) is 5.88 Å². The van der Waals surface area contributed by atoms with E-state index in [4.69, 9.17) is 9.47 Å². The molecule has 0 N–H and O–H groups in total. The predicted octanol–water partition coefficient (Wildman–Crippen LogP) is 1.97. The third-order valence-electron chi connectivity index (χ3n) is 1.98. The number of rotatable bonds is 4. The minimum atomic E-state index is -0.406. The van der Waals surface area contributed by atoms with E-state index in [2.05, 4.69) is 4.98 Å². The Hall–Kier alpha value is -1.56.